The third-order valence-corrected chi connectivity index (χ3v) is 2.75. The molecule has 0 aromatic rings. The van der Waals surface area contributed by atoms with Crippen molar-refractivity contribution in [3.63, 3.8) is 0 Å². The van der Waals surface area contributed by atoms with Crippen molar-refractivity contribution >= 4 is 5.97 Å². The van der Waals surface area contributed by atoms with Gasteiger partial charge >= 0.3 is 12.1 Å². The van der Waals surface area contributed by atoms with Gasteiger partial charge in [-0.15, -0.1) is 0 Å². The molecule has 0 spiro atoms. The number of aliphatic hydroxyl groups excluding tert-OH is 1. The molecule has 3 atom stereocenters. The quantitative estimate of drug-likeness (QED) is 0.506. The van der Waals surface area contributed by atoms with E-state index in [4.69, 9.17) is 4.74 Å². The van der Waals surface area contributed by atoms with Gasteiger partial charge in [-0.1, -0.05) is 0 Å². The first-order valence-electron chi connectivity index (χ1n) is 4.67. The van der Waals surface area contributed by atoms with Crippen LogP contribution in [0.2, 0.25) is 0 Å². The van der Waals surface area contributed by atoms with Gasteiger partial charge in [0.2, 0.25) is 6.29 Å². The van der Waals surface area contributed by atoms with Crippen molar-refractivity contribution in [2.45, 2.75) is 30.5 Å². The SMILES string of the molecule is O=C(OC(O)[C@@]12CN[C@@H](CO1)C2)C(F)(F)F. The van der Waals surface area contributed by atoms with Gasteiger partial charge in [0.05, 0.1) is 6.61 Å². The zero-order valence-corrected chi connectivity index (χ0v) is 8.08. The zero-order chi connectivity index (χ0) is 12.0. The molecular formula is C8H10F3NO4. The van der Waals surface area contributed by atoms with Crippen LogP contribution >= 0.6 is 0 Å². The van der Waals surface area contributed by atoms with E-state index in [0.29, 0.717) is 13.0 Å². The van der Waals surface area contributed by atoms with Gasteiger partial charge in [-0.3, -0.25) is 0 Å². The molecule has 0 radical (unpaired) electrons. The van der Waals surface area contributed by atoms with Crippen molar-refractivity contribution in [1.82, 2.24) is 5.32 Å². The van der Waals surface area contributed by atoms with E-state index in [1.165, 1.54) is 0 Å². The average molecular weight is 241 g/mol. The molecule has 2 bridgehead atoms. The summed E-state index contributed by atoms with van der Waals surface area (Å²) in [6.45, 7) is 0.463. The molecule has 0 saturated carbocycles. The van der Waals surface area contributed by atoms with E-state index in [1.54, 1.807) is 0 Å². The number of carbonyl (C=O) groups is 1. The maximum Gasteiger partial charge on any atom is 0.491 e. The molecule has 0 aromatic carbocycles. The van der Waals surface area contributed by atoms with Gasteiger partial charge in [0.1, 0.15) is 5.60 Å². The van der Waals surface area contributed by atoms with Gasteiger partial charge in [0.15, 0.2) is 0 Å². The van der Waals surface area contributed by atoms with E-state index >= 15 is 0 Å². The van der Waals surface area contributed by atoms with Crippen LogP contribution in [0.25, 0.3) is 0 Å². The van der Waals surface area contributed by atoms with Crippen LogP contribution < -0.4 is 5.32 Å². The number of nitrogens with one attached hydrogen (secondary N) is 1. The summed E-state index contributed by atoms with van der Waals surface area (Å²) >= 11 is 0. The van der Waals surface area contributed by atoms with E-state index < -0.39 is 24.0 Å². The number of hydrogen-bond acceptors (Lipinski definition) is 5. The lowest BCUT2D eigenvalue weighted by Crippen LogP contribution is -2.50. The van der Waals surface area contributed by atoms with Crippen LogP contribution in [0.1, 0.15) is 6.42 Å². The monoisotopic (exact) mass is 241 g/mol. The number of morpholine rings is 1. The molecule has 2 heterocycles. The minimum Gasteiger partial charge on any atom is -0.426 e. The second-order valence-corrected chi connectivity index (χ2v) is 3.91. The van der Waals surface area contributed by atoms with Crippen molar-refractivity contribution in [2.75, 3.05) is 13.2 Å². The number of hydrogen-bond donors (Lipinski definition) is 2. The fourth-order valence-electron chi connectivity index (χ4n) is 1.91. The second-order valence-electron chi connectivity index (χ2n) is 3.91. The maximum atomic E-state index is 11.9. The number of fused-ring (bicyclic) bond motifs is 2. The van der Waals surface area contributed by atoms with Crippen LogP contribution in [-0.2, 0) is 14.3 Å². The number of alkyl halides is 3. The molecule has 0 aromatic heterocycles. The highest BCUT2D eigenvalue weighted by Gasteiger charge is 2.55. The van der Waals surface area contributed by atoms with Gasteiger partial charge in [-0.25, -0.2) is 4.79 Å². The molecule has 0 amide bonds. The minimum atomic E-state index is -5.11. The zero-order valence-electron chi connectivity index (χ0n) is 8.08. The van der Waals surface area contributed by atoms with Gasteiger partial charge < -0.3 is 19.9 Å². The Kier molecular flexibility index (Phi) is 2.59. The Hall–Kier alpha value is -0.860. The van der Waals surface area contributed by atoms with Crippen molar-refractivity contribution in [3.8, 4) is 0 Å². The molecule has 2 saturated heterocycles. The standard InChI is InChI=1S/C8H10F3NO4/c9-8(10,11)6(14)16-5(13)7-1-4(2-15-7)12-3-7/h4-5,12-13H,1-3H2/t4-,5?,7-/m1/s1. The first-order chi connectivity index (χ1) is 7.33. The van der Waals surface area contributed by atoms with Crippen molar-refractivity contribution in [1.29, 1.82) is 0 Å². The first-order valence-corrected chi connectivity index (χ1v) is 4.67. The Balaban J connectivity index is 1.98. The van der Waals surface area contributed by atoms with E-state index in [2.05, 4.69) is 10.1 Å². The lowest BCUT2D eigenvalue weighted by molar-refractivity contribution is -0.247. The number of esters is 1. The Morgan fingerprint density at radius 1 is 1.62 bits per heavy atom. The molecule has 0 aliphatic carbocycles. The van der Waals surface area contributed by atoms with Gasteiger partial charge in [-0.05, 0) is 0 Å². The average Bonchev–Trinajstić information content (AvgIpc) is 2.76. The summed E-state index contributed by atoms with van der Waals surface area (Å²) in [6.07, 6.45) is -6.68. The lowest BCUT2D eigenvalue weighted by Gasteiger charge is -2.30. The van der Waals surface area contributed by atoms with Crippen molar-refractivity contribution < 1.29 is 32.5 Å². The van der Waals surface area contributed by atoms with E-state index in [1.807, 2.05) is 0 Å². The summed E-state index contributed by atoms with van der Waals surface area (Å²) in [4.78, 5) is 10.5. The molecule has 16 heavy (non-hydrogen) atoms. The summed E-state index contributed by atoms with van der Waals surface area (Å²) in [5.74, 6) is -2.41. The van der Waals surface area contributed by atoms with Crippen LogP contribution in [0.5, 0.6) is 0 Å². The first kappa shape index (κ1) is 11.6. The molecule has 2 fully saturated rings. The number of halogens is 3. The summed E-state index contributed by atoms with van der Waals surface area (Å²) in [5.41, 5.74) is -1.23. The van der Waals surface area contributed by atoms with Gasteiger partial charge in [0, 0.05) is 19.0 Å². The highest BCUT2D eigenvalue weighted by molar-refractivity contribution is 5.75. The van der Waals surface area contributed by atoms with Crippen LogP contribution in [0.15, 0.2) is 0 Å². The highest BCUT2D eigenvalue weighted by Crippen LogP contribution is 2.35. The van der Waals surface area contributed by atoms with Crippen molar-refractivity contribution in [3.05, 3.63) is 0 Å². The second kappa shape index (κ2) is 3.57. The Labute approximate surface area is 88.5 Å². The predicted octanol–water partition coefficient (Wildman–Crippen LogP) is -0.459. The summed E-state index contributed by atoms with van der Waals surface area (Å²) in [5, 5.41) is 12.4. The van der Waals surface area contributed by atoms with Crippen LogP contribution in [0.4, 0.5) is 13.2 Å². The third-order valence-electron chi connectivity index (χ3n) is 2.75. The van der Waals surface area contributed by atoms with Gasteiger partial charge in [0.25, 0.3) is 0 Å². The predicted molar refractivity (Wildman–Crippen MR) is 43.2 cm³/mol. The number of aliphatic hydroxyl groups is 1. The van der Waals surface area contributed by atoms with E-state index in [0.717, 1.165) is 0 Å². The summed E-state index contributed by atoms with van der Waals surface area (Å²) < 4.78 is 44.8. The topological polar surface area (TPSA) is 67.8 Å². The van der Waals surface area contributed by atoms with E-state index in [-0.39, 0.29) is 12.6 Å². The van der Waals surface area contributed by atoms with Crippen molar-refractivity contribution in [2.24, 2.45) is 0 Å². The molecule has 2 aliphatic rings. The fraction of sp³-hybridized carbons (Fsp3) is 0.875. The lowest BCUT2D eigenvalue weighted by atomic mass is 10.0. The minimum absolute atomic E-state index is 0.000705. The molecule has 1 unspecified atom stereocenters. The third kappa shape index (κ3) is 1.87. The maximum absolute atomic E-state index is 11.9. The molecule has 8 heteroatoms. The molecule has 5 nitrogen and oxygen atoms in total. The Morgan fingerprint density at radius 2 is 2.31 bits per heavy atom. The summed E-state index contributed by atoms with van der Waals surface area (Å²) in [7, 11) is 0. The molecular weight excluding hydrogens is 231 g/mol. The number of rotatable bonds is 2. The summed E-state index contributed by atoms with van der Waals surface area (Å²) in [6, 6.07) is -0.000705. The van der Waals surface area contributed by atoms with Gasteiger partial charge in [-0.2, -0.15) is 13.2 Å². The van der Waals surface area contributed by atoms with E-state index in [9.17, 15) is 23.1 Å². The Bertz CT molecular complexity index is 298. The van der Waals surface area contributed by atoms with Crippen LogP contribution in [-0.4, -0.2) is 48.3 Å². The number of ether oxygens (including phenoxy) is 2. The normalized spacial score (nSPS) is 35.1. The molecule has 2 N–H and O–H groups in total. The molecule has 92 valence electrons. The largest absolute Gasteiger partial charge is 0.491 e. The fourth-order valence-corrected chi connectivity index (χ4v) is 1.91. The van der Waals surface area contributed by atoms with Crippen LogP contribution in [0.3, 0.4) is 0 Å². The molecule has 2 aliphatic heterocycles. The highest BCUT2D eigenvalue weighted by atomic mass is 19.4. The Morgan fingerprint density at radius 3 is 2.69 bits per heavy atom. The number of carbonyl (C=O) groups excluding carboxylic acids is 1. The van der Waals surface area contributed by atoms with Crippen LogP contribution in [0, 0.1) is 0 Å². The smallest absolute Gasteiger partial charge is 0.426 e. The molecule has 2 rings (SSSR count).